The molecule has 1 heterocycles. The molecule has 1 rings (SSSR count). The first kappa shape index (κ1) is 18.9. The Hall–Kier alpha value is -1.14. The van der Waals surface area contributed by atoms with Crippen LogP contribution in [0.15, 0.2) is 0 Å². The minimum absolute atomic E-state index is 0.000416. The molecule has 6 heteroatoms. The maximum absolute atomic E-state index is 11.7. The molecule has 0 aromatic rings. The summed E-state index contributed by atoms with van der Waals surface area (Å²) in [6, 6.07) is -0.367. The van der Waals surface area contributed by atoms with Gasteiger partial charge in [0.25, 0.3) is 0 Å². The van der Waals surface area contributed by atoms with Gasteiger partial charge in [-0.25, -0.2) is 0 Å². The van der Waals surface area contributed by atoms with E-state index in [1.807, 2.05) is 27.7 Å². The van der Waals surface area contributed by atoms with Gasteiger partial charge in [-0.3, -0.25) is 9.59 Å². The van der Waals surface area contributed by atoms with Crippen LogP contribution >= 0.6 is 0 Å². The van der Waals surface area contributed by atoms with Crippen molar-refractivity contribution in [2.45, 2.75) is 71.8 Å². The molecule has 0 aromatic heterocycles. The van der Waals surface area contributed by atoms with Crippen molar-refractivity contribution in [1.29, 1.82) is 0 Å². The lowest BCUT2D eigenvalue weighted by Gasteiger charge is -2.34. The summed E-state index contributed by atoms with van der Waals surface area (Å²) >= 11 is 0. The van der Waals surface area contributed by atoms with Gasteiger partial charge < -0.3 is 20.5 Å². The molecule has 6 nitrogen and oxygen atoms in total. The van der Waals surface area contributed by atoms with E-state index in [-0.39, 0.29) is 29.9 Å². The van der Waals surface area contributed by atoms with Gasteiger partial charge in [-0.1, -0.05) is 27.7 Å². The first-order chi connectivity index (χ1) is 10.3. The number of rotatable bonds is 7. The van der Waals surface area contributed by atoms with Gasteiger partial charge in [-0.05, 0) is 24.7 Å². The minimum atomic E-state index is -1.02. The number of ether oxygens (including phenoxy) is 1. The number of aliphatic hydroxyl groups is 1. The molecule has 2 amide bonds. The summed E-state index contributed by atoms with van der Waals surface area (Å²) < 4.78 is 5.49. The number of carbonyl (C=O) groups is 2. The molecular weight excluding hydrogens is 284 g/mol. The predicted molar refractivity (Wildman–Crippen MR) is 84.0 cm³/mol. The Morgan fingerprint density at radius 3 is 2.23 bits per heavy atom. The highest BCUT2D eigenvalue weighted by Crippen LogP contribution is 2.18. The molecule has 0 aromatic carbocycles. The average Bonchev–Trinajstić information content (AvgIpc) is 2.37. The number of aliphatic hydroxyl groups excluding tert-OH is 1. The highest BCUT2D eigenvalue weighted by molar-refractivity contribution is 5.76. The summed E-state index contributed by atoms with van der Waals surface area (Å²) in [5.74, 6) is 0.538. The molecule has 0 aliphatic carbocycles. The molecule has 1 fully saturated rings. The Kier molecular flexibility index (Phi) is 7.82. The highest BCUT2D eigenvalue weighted by atomic mass is 16.6. The molecule has 0 spiro atoms. The maximum atomic E-state index is 11.7. The van der Waals surface area contributed by atoms with E-state index in [0.29, 0.717) is 38.1 Å². The largest absolute Gasteiger partial charge is 0.366 e. The molecule has 1 aliphatic heterocycles. The molecule has 1 unspecified atom stereocenters. The third-order valence-corrected chi connectivity index (χ3v) is 3.54. The van der Waals surface area contributed by atoms with E-state index in [1.165, 1.54) is 0 Å². The fourth-order valence-electron chi connectivity index (χ4n) is 2.47. The normalized spacial score (nSPS) is 25.3. The topological polar surface area (TPSA) is 87.7 Å². The van der Waals surface area contributed by atoms with Gasteiger partial charge in [-0.15, -0.1) is 0 Å². The molecular formula is C16H30N2O4. The number of carbonyl (C=O) groups excluding carboxylic acids is 2. The van der Waals surface area contributed by atoms with Crippen molar-refractivity contribution >= 4 is 11.8 Å². The fraction of sp³-hybridized carbons (Fsp3) is 0.875. The van der Waals surface area contributed by atoms with Crippen molar-refractivity contribution in [1.82, 2.24) is 10.6 Å². The number of hydrogen-bond acceptors (Lipinski definition) is 4. The zero-order valence-electron chi connectivity index (χ0n) is 14.1. The Morgan fingerprint density at radius 1 is 1.09 bits per heavy atom. The van der Waals surface area contributed by atoms with E-state index in [1.54, 1.807) is 0 Å². The summed E-state index contributed by atoms with van der Waals surface area (Å²) in [7, 11) is 0. The number of amides is 2. The third-order valence-electron chi connectivity index (χ3n) is 3.54. The quantitative estimate of drug-likeness (QED) is 0.658. The monoisotopic (exact) mass is 314 g/mol. The Bertz CT molecular complexity index is 371. The van der Waals surface area contributed by atoms with Crippen LogP contribution in [0.1, 0.15) is 53.4 Å². The van der Waals surface area contributed by atoms with E-state index < -0.39 is 6.29 Å². The zero-order valence-corrected chi connectivity index (χ0v) is 14.1. The van der Waals surface area contributed by atoms with E-state index in [2.05, 4.69) is 10.6 Å². The fourth-order valence-corrected chi connectivity index (χ4v) is 2.47. The molecule has 0 radical (unpaired) electrons. The van der Waals surface area contributed by atoms with Crippen LogP contribution in [0.4, 0.5) is 0 Å². The Morgan fingerprint density at radius 2 is 1.68 bits per heavy atom. The second kappa shape index (κ2) is 9.10. The van der Waals surface area contributed by atoms with Gasteiger partial charge in [0.1, 0.15) is 0 Å². The lowest BCUT2D eigenvalue weighted by Crippen LogP contribution is -2.51. The van der Waals surface area contributed by atoms with Crippen LogP contribution in [0, 0.1) is 11.8 Å². The van der Waals surface area contributed by atoms with Gasteiger partial charge >= 0.3 is 0 Å². The molecule has 1 aliphatic rings. The van der Waals surface area contributed by atoms with Crippen molar-refractivity contribution < 1.29 is 19.4 Å². The van der Waals surface area contributed by atoms with Gasteiger partial charge in [0.05, 0.1) is 12.1 Å². The Balaban J connectivity index is 2.30. The average molecular weight is 314 g/mol. The molecule has 128 valence electrons. The molecule has 1 saturated heterocycles. The van der Waals surface area contributed by atoms with Crippen LogP contribution in [0.2, 0.25) is 0 Å². The minimum Gasteiger partial charge on any atom is -0.366 e. The second-order valence-electron chi connectivity index (χ2n) is 6.90. The summed E-state index contributed by atoms with van der Waals surface area (Å²) in [4.78, 5) is 23.3. The summed E-state index contributed by atoms with van der Waals surface area (Å²) in [6.07, 6.45) is 1.06. The van der Waals surface area contributed by atoms with Gasteiger partial charge in [0.15, 0.2) is 6.29 Å². The lowest BCUT2D eigenvalue weighted by molar-refractivity contribution is -0.179. The van der Waals surface area contributed by atoms with E-state index in [4.69, 9.17) is 4.74 Å². The van der Waals surface area contributed by atoms with E-state index >= 15 is 0 Å². The van der Waals surface area contributed by atoms with Gasteiger partial charge in [0, 0.05) is 19.4 Å². The standard InChI is InChI=1S/C16H30N2O4/c1-10(2)7-14(19)17-9-12-5-6-13(16(21)22-12)18-15(20)8-11(3)4/h10-13,16,21H,5-9H2,1-4H3,(H,17,19)(H,18,20)/t12-,13-,16?/m0/s1. The Labute approximate surface area is 133 Å². The van der Waals surface area contributed by atoms with E-state index in [0.717, 1.165) is 0 Å². The highest BCUT2D eigenvalue weighted by Gasteiger charge is 2.31. The van der Waals surface area contributed by atoms with Crippen LogP contribution in [0.25, 0.3) is 0 Å². The summed E-state index contributed by atoms with van der Waals surface area (Å²) in [5.41, 5.74) is 0. The predicted octanol–water partition coefficient (Wildman–Crippen LogP) is 1.18. The van der Waals surface area contributed by atoms with E-state index in [9.17, 15) is 14.7 Å². The van der Waals surface area contributed by atoms with Crippen LogP contribution in [-0.2, 0) is 14.3 Å². The second-order valence-corrected chi connectivity index (χ2v) is 6.90. The van der Waals surface area contributed by atoms with Crippen LogP contribution < -0.4 is 10.6 Å². The molecule has 3 atom stereocenters. The SMILES string of the molecule is CC(C)CC(=O)NC[C@@H]1CC[C@H](NC(=O)CC(C)C)C(O)O1. The van der Waals surface area contributed by atoms with Crippen molar-refractivity contribution in [3.63, 3.8) is 0 Å². The van der Waals surface area contributed by atoms with Gasteiger partial charge in [0.2, 0.25) is 11.8 Å². The molecule has 0 bridgehead atoms. The number of hydrogen-bond donors (Lipinski definition) is 3. The smallest absolute Gasteiger partial charge is 0.220 e. The lowest BCUT2D eigenvalue weighted by atomic mass is 10.0. The number of nitrogens with one attached hydrogen (secondary N) is 2. The van der Waals surface area contributed by atoms with Crippen molar-refractivity contribution in [3.8, 4) is 0 Å². The molecule has 3 N–H and O–H groups in total. The van der Waals surface area contributed by atoms with Crippen LogP contribution in [-0.4, -0.2) is 41.9 Å². The van der Waals surface area contributed by atoms with Crippen molar-refractivity contribution in [2.24, 2.45) is 11.8 Å². The molecule has 22 heavy (non-hydrogen) atoms. The summed E-state index contributed by atoms with van der Waals surface area (Å²) in [5, 5.41) is 15.6. The van der Waals surface area contributed by atoms with Crippen molar-refractivity contribution in [2.75, 3.05) is 6.54 Å². The van der Waals surface area contributed by atoms with Crippen LogP contribution in [0.3, 0.4) is 0 Å². The third kappa shape index (κ3) is 7.22. The molecule has 0 saturated carbocycles. The van der Waals surface area contributed by atoms with Crippen molar-refractivity contribution in [3.05, 3.63) is 0 Å². The first-order valence-electron chi connectivity index (χ1n) is 8.17. The maximum Gasteiger partial charge on any atom is 0.220 e. The van der Waals surface area contributed by atoms with Crippen LogP contribution in [0.5, 0.6) is 0 Å². The summed E-state index contributed by atoms with van der Waals surface area (Å²) in [6.45, 7) is 8.33. The van der Waals surface area contributed by atoms with Gasteiger partial charge in [-0.2, -0.15) is 0 Å². The zero-order chi connectivity index (χ0) is 16.7. The first-order valence-corrected chi connectivity index (χ1v) is 8.17.